The second kappa shape index (κ2) is 8.63. The van der Waals surface area contributed by atoms with E-state index in [1.165, 1.54) is 29.5 Å². The van der Waals surface area contributed by atoms with Crippen LogP contribution in [0.1, 0.15) is 42.9 Å². The Morgan fingerprint density at radius 1 is 0.810 bits per heavy atom. The zero-order valence-electron chi connectivity index (χ0n) is 13.0. The lowest BCUT2D eigenvalue weighted by Gasteiger charge is -2.11. The maximum absolute atomic E-state index is 10.2. The van der Waals surface area contributed by atoms with E-state index in [1.807, 2.05) is 6.07 Å². The van der Waals surface area contributed by atoms with E-state index in [0.717, 1.165) is 25.7 Å². The summed E-state index contributed by atoms with van der Waals surface area (Å²) in [6.45, 7) is 2.22. The van der Waals surface area contributed by atoms with Gasteiger partial charge in [0, 0.05) is 0 Å². The number of aliphatic hydroxyl groups excluding tert-OH is 1. The Balaban J connectivity index is 1.78. The molecule has 2 aromatic rings. The van der Waals surface area contributed by atoms with Crippen LogP contribution in [0, 0.1) is 0 Å². The molecule has 0 aliphatic rings. The molecule has 2 rings (SSSR count). The summed E-state index contributed by atoms with van der Waals surface area (Å²) in [7, 11) is 0. The maximum Gasteiger partial charge on any atom is 0.0583 e. The Bertz CT molecular complexity index is 501. The molecule has 1 N–H and O–H groups in total. The van der Waals surface area contributed by atoms with Crippen molar-refractivity contribution in [1.82, 2.24) is 0 Å². The van der Waals surface area contributed by atoms with Gasteiger partial charge in [0.1, 0.15) is 0 Å². The molecule has 21 heavy (non-hydrogen) atoms. The number of benzene rings is 2. The number of unbranched alkanes of at least 4 members (excludes halogenated alkanes) is 1. The van der Waals surface area contributed by atoms with Crippen molar-refractivity contribution < 1.29 is 5.11 Å². The van der Waals surface area contributed by atoms with Gasteiger partial charge in [-0.3, -0.25) is 0 Å². The van der Waals surface area contributed by atoms with E-state index in [0.29, 0.717) is 0 Å². The van der Waals surface area contributed by atoms with Crippen LogP contribution in [0.5, 0.6) is 0 Å². The van der Waals surface area contributed by atoms with Crippen LogP contribution in [0.4, 0.5) is 0 Å². The van der Waals surface area contributed by atoms with Crippen LogP contribution >= 0.6 is 0 Å². The number of aryl methyl sites for hydroxylation is 2. The standard InChI is InChI=1S/C20H26O/c1-2-3-7-18-10-12-19(13-11-18)16-20(21)15-14-17-8-5-4-6-9-17/h4-6,8-13,20-21H,2-3,7,14-16H2,1H3. The molecule has 0 saturated heterocycles. The summed E-state index contributed by atoms with van der Waals surface area (Å²) in [5, 5.41) is 10.2. The molecule has 1 nitrogen and oxygen atoms in total. The molecule has 1 atom stereocenters. The van der Waals surface area contributed by atoms with Crippen molar-refractivity contribution >= 4 is 0 Å². The molecular formula is C20H26O. The van der Waals surface area contributed by atoms with Gasteiger partial charge in [-0.25, -0.2) is 0 Å². The fraction of sp³-hybridized carbons (Fsp3) is 0.400. The lowest BCUT2D eigenvalue weighted by atomic mass is 9.99. The summed E-state index contributed by atoms with van der Waals surface area (Å²) < 4.78 is 0. The average Bonchev–Trinajstić information content (AvgIpc) is 2.53. The molecule has 1 heteroatoms. The Kier molecular flexibility index (Phi) is 6.49. The monoisotopic (exact) mass is 282 g/mol. The van der Waals surface area contributed by atoms with Crippen LogP contribution in [0.3, 0.4) is 0 Å². The van der Waals surface area contributed by atoms with E-state index >= 15 is 0 Å². The third kappa shape index (κ3) is 5.73. The highest BCUT2D eigenvalue weighted by atomic mass is 16.3. The molecule has 0 spiro atoms. The van der Waals surface area contributed by atoms with Crippen molar-refractivity contribution in [2.75, 3.05) is 0 Å². The van der Waals surface area contributed by atoms with Crippen molar-refractivity contribution in [3.8, 4) is 0 Å². The van der Waals surface area contributed by atoms with E-state index in [2.05, 4.69) is 55.5 Å². The molecule has 0 fully saturated rings. The Morgan fingerprint density at radius 2 is 1.43 bits per heavy atom. The Hall–Kier alpha value is -1.60. The molecule has 0 amide bonds. The van der Waals surface area contributed by atoms with Crippen LogP contribution in [-0.4, -0.2) is 11.2 Å². The predicted molar refractivity (Wildman–Crippen MR) is 89.5 cm³/mol. The molecule has 0 heterocycles. The second-order valence-electron chi connectivity index (χ2n) is 5.80. The van der Waals surface area contributed by atoms with Crippen LogP contribution in [0.2, 0.25) is 0 Å². The minimum absolute atomic E-state index is 0.258. The first-order chi connectivity index (χ1) is 10.3. The van der Waals surface area contributed by atoms with Crippen molar-refractivity contribution in [3.05, 3.63) is 71.3 Å². The Labute approximate surface area is 128 Å². The predicted octanol–water partition coefficient (Wildman–Crippen LogP) is 4.57. The smallest absolute Gasteiger partial charge is 0.0583 e. The zero-order chi connectivity index (χ0) is 14.9. The van der Waals surface area contributed by atoms with Gasteiger partial charge in [-0.05, 0) is 48.8 Å². The second-order valence-corrected chi connectivity index (χ2v) is 5.80. The third-order valence-electron chi connectivity index (χ3n) is 3.92. The normalized spacial score (nSPS) is 12.3. The van der Waals surface area contributed by atoms with Crippen molar-refractivity contribution in [3.63, 3.8) is 0 Å². The molecule has 0 aromatic heterocycles. The number of hydrogen-bond acceptors (Lipinski definition) is 1. The fourth-order valence-corrected chi connectivity index (χ4v) is 2.58. The minimum Gasteiger partial charge on any atom is -0.393 e. The number of aliphatic hydroxyl groups is 1. The van der Waals surface area contributed by atoms with Crippen LogP contribution < -0.4 is 0 Å². The minimum atomic E-state index is -0.258. The van der Waals surface area contributed by atoms with E-state index in [4.69, 9.17) is 0 Å². The molecule has 1 unspecified atom stereocenters. The first-order valence-electron chi connectivity index (χ1n) is 8.07. The summed E-state index contributed by atoms with van der Waals surface area (Å²) in [5.74, 6) is 0. The molecular weight excluding hydrogens is 256 g/mol. The number of rotatable bonds is 8. The molecule has 2 aromatic carbocycles. The van der Waals surface area contributed by atoms with Gasteiger partial charge >= 0.3 is 0 Å². The van der Waals surface area contributed by atoms with Gasteiger partial charge in [-0.15, -0.1) is 0 Å². The van der Waals surface area contributed by atoms with Crippen molar-refractivity contribution in [2.45, 2.75) is 51.6 Å². The fourth-order valence-electron chi connectivity index (χ4n) is 2.58. The molecule has 112 valence electrons. The number of hydrogen-bond donors (Lipinski definition) is 1. The van der Waals surface area contributed by atoms with Crippen LogP contribution in [-0.2, 0) is 19.3 Å². The van der Waals surface area contributed by atoms with E-state index in [-0.39, 0.29) is 6.10 Å². The molecule has 0 radical (unpaired) electrons. The van der Waals surface area contributed by atoms with E-state index in [1.54, 1.807) is 0 Å². The largest absolute Gasteiger partial charge is 0.393 e. The lowest BCUT2D eigenvalue weighted by molar-refractivity contribution is 0.165. The van der Waals surface area contributed by atoms with E-state index in [9.17, 15) is 5.11 Å². The van der Waals surface area contributed by atoms with E-state index < -0.39 is 0 Å². The van der Waals surface area contributed by atoms with Gasteiger partial charge in [0.25, 0.3) is 0 Å². The Morgan fingerprint density at radius 3 is 2.10 bits per heavy atom. The van der Waals surface area contributed by atoms with Gasteiger partial charge < -0.3 is 5.11 Å². The first kappa shape index (κ1) is 15.8. The lowest BCUT2D eigenvalue weighted by Crippen LogP contribution is -2.11. The highest BCUT2D eigenvalue weighted by Gasteiger charge is 2.06. The van der Waals surface area contributed by atoms with Gasteiger partial charge in [0.05, 0.1) is 6.10 Å². The van der Waals surface area contributed by atoms with Gasteiger partial charge in [0.2, 0.25) is 0 Å². The SMILES string of the molecule is CCCCc1ccc(CC(O)CCc2ccccc2)cc1. The molecule has 0 bridgehead atoms. The third-order valence-corrected chi connectivity index (χ3v) is 3.92. The topological polar surface area (TPSA) is 20.2 Å². The first-order valence-corrected chi connectivity index (χ1v) is 8.07. The van der Waals surface area contributed by atoms with Crippen molar-refractivity contribution in [2.24, 2.45) is 0 Å². The van der Waals surface area contributed by atoms with Gasteiger partial charge in [0.15, 0.2) is 0 Å². The average molecular weight is 282 g/mol. The van der Waals surface area contributed by atoms with Crippen molar-refractivity contribution in [1.29, 1.82) is 0 Å². The quantitative estimate of drug-likeness (QED) is 0.752. The summed E-state index contributed by atoms with van der Waals surface area (Å²) in [5.41, 5.74) is 3.93. The van der Waals surface area contributed by atoms with Crippen LogP contribution in [0.15, 0.2) is 54.6 Å². The van der Waals surface area contributed by atoms with Crippen LogP contribution in [0.25, 0.3) is 0 Å². The highest BCUT2D eigenvalue weighted by molar-refractivity contribution is 5.23. The molecule has 0 aliphatic heterocycles. The molecule has 0 saturated carbocycles. The molecule has 0 aliphatic carbocycles. The maximum atomic E-state index is 10.2. The highest BCUT2D eigenvalue weighted by Crippen LogP contribution is 2.12. The zero-order valence-corrected chi connectivity index (χ0v) is 13.0. The summed E-state index contributed by atoms with van der Waals surface area (Å²) in [6.07, 6.45) is 5.90. The van der Waals surface area contributed by atoms with Gasteiger partial charge in [-0.2, -0.15) is 0 Å². The summed E-state index contributed by atoms with van der Waals surface area (Å²) in [4.78, 5) is 0. The summed E-state index contributed by atoms with van der Waals surface area (Å²) >= 11 is 0. The summed E-state index contributed by atoms with van der Waals surface area (Å²) in [6, 6.07) is 19.1. The van der Waals surface area contributed by atoms with Gasteiger partial charge in [-0.1, -0.05) is 67.9 Å².